The van der Waals surface area contributed by atoms with E-state index in [4.69, 9.17) is 0 Å². The third-order valence-electron chi connectivity index (χ3n) is 6.37. The lowest BCUT2D eigenvalue weighted by molar-refractivity contribution is -0.136. The van der Waals surface area contributed by atoms with Crippen LogP contribution in [-0.4, -0.2) is 36.3 Å². The summed E-state index contributed by atoms with van der Waals surface area (Å²) in [7, 11) is 0. The first-order chi connectivity index (χ1) is 14.1. The summed E-state index contributed by atoms with van der Waals surface area (Å²) in [6.45, 7) is 3.82. The van der Waals surface area contributed by atoms with Crippen molar-refractivity contribution in [2.24, 2.45) is 11.8 Å². The first-order valence-corrected chi connectivity index (χ1v) is 10.8. The number of hydrogen-bond donors (Lipinski definition) is 1. The molecular formula is C25H30N2O2. The van der Waals surface area contributed by atoms with Crippen LogP contribution < -0.4 is 5.32 Å². The summed E-state index contributed by atoms with van der Waals surface area (Å²) in [5, 5.41) is 3.01. The van der Waals surface area contributed by atoms with Gasteiger partial charge in [0.15, 0.2) is 0 Å². The summed E-state index contributed by atoms with van der Waals surface area (Å²) in [4.78, 5) is 27.5. The van der Waals surface area contributed by atoms with Crippen molar-refractivity contribution in [1.82, 2.24) is 10.2 Å². The van der Waals surface area contributed by atoms with Crippen LogP contribution in [0.15, 0.2) is 48.5 Å². The molecule has 2 aliphatic rings. The number of benzene rings is 2. The molecule has 1 atom stereocenters. The van der Waals surface area contributed by atoms with E-state index in [-0.39, 0.29) is 23.7 Å². The Morgan fingerprint density at radius 1 is 1.10 bits per heavy atom. The van der Waals surface area contributed by atoms with Crippen molar-refractivity contribution in [3.8, 4) is 11.1 Å². The minimum atomic E-state index is -0.199. The number of nitrogens with one attached hydrogen (secondary N) is 1. The fourth-order valence-corrected chi connectivity index (χ4v) is 4.73. The van der Waals surface area contributed by atoms with Crippen molar-refractivity contribution in [2.75, 3.05) is 19.6 Å². The van der Waals surface area contributed by atoms with Crippen LogP contribution in [0.5, 0.6) is 0 Å². The molecular weight excluding hydrogens is 360 g/mol. The van der Waals surface area contributed by atoms with Gasteiger partial charge in [0.05, 0.1) is 5.92 Å². The lowest BCUT2D eigenvalue weighted by Gasteiger charge is -2.26. The summed E-state index contributed by atoms with van der Waals surface area (Å²) in [5.74, 6) is 0.272. The Hall–Kier alpha value is -2.62. The number of nitrogens with zero attached hydrogens (tertiary/aromatic N) is 1. The van der Waals surface area contributed by atoms with Crippen LogP contribution in [0.3, 0.4) is 0 Å². The molecule has 2 aromatic rings. The van der Waals surface area contributed by atoms with Gasteiger partial charge in [0.1, 0.15) is 0 Å². The monoisotopic (exact) mass is 390 g/mol. The van der Waals surface area contributed by atoms with Gasteiger partial charge in [-0.1, -0.05) is 61.4 Å². The van der Waals surface area contributed by atoms with E-state index in [2.05, 4.69) is 60.8 Å². The minimum Gasteiger partial charge on any atom is -0.354 e. The lowest BCUT2D eigenvalue weighted by Crippen LogP contribution is -2.40. The van der Waals surface area contributed by atoms with Crippen LogP contribution in [0.25, 0.3) is 11.1 Å². The highest BCUT2D eigenvalue weighted by molar-refractivity contribution is 5.83. The molecule has 4 nitrogen and oxygen atoms in total. The van der Waals surface area contributed by atoms with E-state index in [1.807, 2.05) is 4.90 Å². The molecule has 4 heteroatoms. The summed E-state index contributed by atoms with van der Waals surface area (Å²) < 4.78 is 0. The van der Waals surface area contributed by atoms with E-state index < -0.39 is 0 Å². The van der Waals surface area contributed by atoms with Crippen LogP contribution >= 0.6 is 0 Å². The molecule has 0 bridgehead atoms. The summed E-state index contributed by atoms with van der Waals surface area (Å²) in [6, 6.07) is 16.8. The van der Waals surface area contributed by atoms with E-state index >= 15 is 0 Å². The zero-order valence-corrected chi connectivity index (χ0v) is 17.2. The standard InChI is InChI=1S/C25H30N2O2/c1-18-7-2-5-12-23(18)21-11-6-8-19(15-21)16-22-17-27(14-13-26-24(22)28)25(29)20-9-3-4-10-20/h2,5-8,11-12,15,20,22H,3-4,9-10,13-14,16-17H2,1H3,(H,26,28)/t22-/m0/s1. The SMILES string of the molecule is Cc1ccccc1-c1cccc(C[C@H]2CN(C(=O)C3CCCC3)CCNC2=O)c1. The van der Waals surface area contributed by atoms with Crippen LogP contribution in [0, 0.1) is 18.8 Å². The minimum absolute atomic E-state index is 0.0630. The Balaban J connectivity index is 1.51. The third kappa shape index (κ3) is 4.52. The van der Waals surface area contributed by atoms with Gasteiger partial charge in [0.25, 0.3) is 0 Å². The van der Waals surface area contributed by atoms with Gasteiger partial charge >= 0.3 is 0 Å². The van der Waals surface area contributed by atoms with Crippen molar-refractivity contribution in [2.45, 2.75) is 39.0 Å². The molecule has 0 unspecified atom stereocenters. The highest BCUT2D eigenvalue weighted by Crippen LogP contribution is 2.28. The Morgan fingerprint density at radius 3 is 2.69 bits per heavy atom. The quantitative estimate of drug-likeness (QED) is 0.859. The van der Waals surface area contributed by atoms with Gasteiger partial charge in [-0.05, 0) is 48.4 Å². The van der Waals surface area contributed by atoms with Crippen molar-refractivity contribution < 1.29 is 9.59 Å². The van der Waals surface area contributed by atoms with Gasteiger partial charge in [0, 0.05) is 25.6 Å². The maximum absolute atomic E-state index is 12.9. The van der Waals surface area contributed by atoms with Gasteiger partial charge in [-0.3, -0.25) is 9.59 Å². The lowest BCUT2D eigenvalue weighted by atomic mass is 9.93. The summed E-state index contributed by atoms with van der Waals surface area (Å²) in [5.41, 5.74) is 4.78. The Bertz CT molecular complexity index is 886. The molecule has 2 fully saturated rings. The average molecular weight is 391 g/mol. The van der Waals surface area contributed by atoms with E-state index in [0.29, 0.717) is 26.1 Å². The first-order valence-electron chi connectivity index (χ1n) is 10.8. The Kier molecular flexibility index (Phi) is 5.98. The maximum atomic E-state index is 12.9. The second-order valence-corrected chi connectivity index (χ2v) is 8.47. The highest BCUT2D eigenvalue weighted by atomic mass is 16.2. The van der Waals surface area contributed by atoms with Gasteiger partial charge in [-0.2, -0.15) is 0 Å². The molecule has 4 rings (SSSR count). The zero-order valence-electron chi connectivity index (χ0n) is 17.2. The second-order valence-electron chi connectivity index (χ2n) is 8.47. The molecule has 1 aliphatic carbocycles. The van der Waals surface area contributed by atoms with Gasteiger partial charge in [0.2, 0.25) is 11.8 Å². The fourth-order valence-electron chi connectivity index (χ4n) is 4.73. The van der Waals surface area contributed by atoms with Gasteiger partial charge < -0.3 is 10.2 Å². The highest BCUT2D eigenvalue weighted by Gasteiger charge is 2.32. The van der Waals surface area contributed by atoms with Crippen LogP contribution in [-0.2, 0) is 16.0 Å². The van der Waals surface area contributed by atoms with E-state index in [1.54, 1.807) is 0 Å². The predicted octanol–water partition coefficient (Wildman–Crippen LogP) is 3.97. The smallest absolute Gasteiger partial charge is 0.225 e. The summed E-state index contributed by atoms with van der Waals surface area (Å²) >= 11 is 0. The van der Waals surface area contributed by atoms with Crippen LogP contribution in [0.1, 0.15) is 36.8 Å². The summed E-state index contributed by atoms with van der Waals surface area (Å²) in [6.07, 6.45) is 4.95. The largest absolute Gasteiger partial charge is 0.354 e. The number of aryl methyl sites for hydroxylation is 1. The normalized spacial score (nSPS) is 20.4. The Morgan fingerprint density at radius 2 is 1.90 bits per heavy atom. The van der Waals surface area contributed by atoms with Crippen molar-refractivity contribution in [3.63, 3.8) is 0 Å². The second kappa shape index (κ2) is 8.81. The van der Waals surface area contributed by atoms with Crippen LogP contribution in [0.4, 0.5) is 0 Å². The maximum Gasteiger partial charge on any atom is 0.225 e. The molecule has 1 N–H and O–H groups in total. The zero-order chi connectivity index (χ0) is 20.2. The average Bonchev–Trinajstić information content (AvgIpc) is 3.21. The van der Waals surface area contributed by atoms with E-state index in [9.17, 15) is 9.59 Å². The van der Waals surface area contributed by atoms with Crippen molar-refractivity contribution in [1.29, 1.82) is 0 Å². The van der Waals surface area contributed by atoms with Crippen molar-refractivity contribution in [3.05, 3.63) is 59.7 Å². The van der Waals surface area contributed by atoms with E-state index in [0.717, 1.165) is 31.2 Å². The number of carbonyl (C=O) groups is 2. The molecule has 2 amide bonds. The predicted molar refractivity (Wildman–Crippen MR) is 115 cm³/mol. The fraction of sp³-hybridized carbons (Fsp3) is 0.440. The number of hydrogen-bond acceptors (Lipinski definition) is 2. The molecule has 0 aromatic heterocycles. The number of rotatable bonds is 4. The molecule has 2 aromatic carbocycles. The number of carbonyl (C=O) groups excluding carboxylic acids is 2. The Labute approximate surface area is 173 Å². The van der Waals surface area contributed by atoms with E-state index in [1.165, 1.54) is 16.7 Å². The number of amides is 2. The molecule has 0 spiro atoms. The van der Waals surface area contributed by atoms with Crippen LogP contribution in [0.2, 0.25) is 0 Å². The van der Waals surface area contributed by atoms with Gasteiger partial charge in [-0.15, -0.1) is 0 Å². The molecule has 1 heterocycles. The molecule has 152 valence electrons. The molecule has 1 aliphatic heterocycles. The third-order valence-corrected chi connectivity index (χ3v) is 6.37. The molecule has 1 saturated heterocycles. The van der Waals surface area contributed by atoms with Crippen molar-refractivity contribution >= 4 is 11.8 Å². The first kappa shape index (κ1) is 19.7. The molecule has 1 saturated carbocycles. The molecule has 0 radical (unpaired) electrons. The van der Waals surface area contributed by atoms with Gasteiger partial charge in [-0.25, -0.2) is 0 Å². The molecule has 29 heavy (non-hydrogen) atoms. The topological polar surface area (TPSA) is 49.4 Å².